The molecule has 1 aliphatic rings. The molecule has 0 radical (unpaired) electrons. The normalized spacial score (nSPS) is 18.6. The summed E-state index contributed by atoms with van der Waals surface area (Å²) >= 11 is 0. The van der Waals surface area contributed by atoms with E-state index < -0.39 is 29.2 Å². The van der Waals surface area contributed by atoms with Gasteiger partial charge < -0.3 is 14.9 Å². The minimum absolute atomic E-state index is 0.0887. The number of aliphatic hydroxyl groups excluding tert-OH is 1. The first kappa shape index (κ1) is 25.8. The van der Waals surface area contributed by atoms with Crippen molar-refractivity contribution in [1.82, 2.24) is 0 Å². The van der Waals surface area contributed by atoms with E-state index >= 15 is 0 Å². The molecule has 0 bridgehead atoms. The molecule has 1 fully saturated rings. The molecule has 1 atom stereocenters. The number of phenolic OH excluding ortho intramolecular Hbond substituents is 1. The zero-order valence-corrected chi connectivity index (χ0v) is 20.0. The molecule has 4 rings (SSSR count). The van der Waals surface area contributed by atoms with E-state index in [0.29, 0.717) is 18.4 Å². The lowest BCUT2D eigenvalue weighted by Crippen LogP contribution is -2.25. The molecule has 36 heavy (non-hydrogen) atoms. The van der Waals surface area contributed by atoms with Crippen molar-refractivity contribution >= 4 is 5.97 Å². The van der Waals surface area contributed by atoms with Crippen molar-refractivity contribution < 1.29 is 32.9 Å². The summed E-state index contributed by atoms with van der Waals surface area (Å²) in [5, 5.41) is 19.6. The molecule has 4 nitrogen and oxygen atoms in total. The summed E-state index contributed by atoms with van der Waals surface area (Å²) in [7, 11) is 0. The highest BCUT2D eigenvalue weighted by atomic mass is 19.2. The predicted octanol–water partition coefficient (Wildman–Crippen LogP) is 7.13. The van der Waals surface area contributed by atoms with E-state index in [1.54, 1.807) is 0 Å². The van der Waals surface area contributed by atoms with Crippen LogP contribution < -0.4 is 4.74 Å². The third-order valence-corrected chi connectivity index (χ3v) is 7.00. The number of ether oxygens (including phenoxy) is 1. The van der Waals surface area contributed by atoms with Crippen LogP contribution in [0.1, 0.15) is 67.3 Å². The Hall–Kier alpha value is -3.32. The third-order valence-electron chi connectivity index (χ3n) is 7.00. The zero-order chi connectivity index (χ0) is 25.8. The van der Waals surface area contributed by atoms with Crippen LogP contribution >= 0.6 is 0 Å². The van der Waals surface area contributed by atoms with E-state index in [1.807, 2.05) is 6.92 Å². The lowest BCUT2D eigenvalue weighted by molar-refractivity contribution is 0.0725. The topological polar surface area (TPSA) is 66.8 Å². The number of aliphatic hydroxyl groups is 1. The Morgan fingerprint density at radius 1 is 0.972 bits per heavy atom. The Kier molecular flexibility index (Phi) is 7.99. The third kappa shape index (κ3) is 5.57. The molecule has 3 aromatic rings. The highest BCUT2D eigenvalue weighted by molar-refractivity contribution is 5.91. The van der Waals surface area contributed by atoms with Crippen LogP contribution in [0.4, 0.5) is 13.2 Å². The minimum Gasteiger partial charge on any atom is -0.508 e. The molecule has 0 heterocycles. The first-order chi connectivity index (χ1) is 17.3. The maximum absolute atomic E-state index is 14.9. The number of hydrogen-bond acceptors (Lipinski definition) is 4. The van der Waals surface area contributed by atoms with Crippen LogP contribution in [-0.2, 0) is 0 Å². The quantitative estimate of drug-likeness (QED) is 0.269. The largest absolute Gasteiger partial charge is 0.508 e. The molecular weight excluding hydrogens is 469 g/mol. The van der Waals surface area contributed by atoms with Crippen molar-refractivity contribution in [3.05, 3.63) is 83.2 Å². The van der Waals surface area contributed by atoms with Crippen LogP contribution in [0.3, 0.4) is 0 Å². The molecule has 0 aromatic heterocycles. The van der Waals surface area contributed by atoms with Gasteiger partial charge in [-0.2, -0.15) is 4.39 Å². The standard InChI is InChI=1S/C29H29F3O4/c1-2-3-25(34)19-8-4-18(5-9-19)23-14-15-26(28(32)27(23)31)36-29(35)20-10-6-17(7-11-20)22-13-12-21(33)16-24(22)30/h6-7,10-16,18-19,25,33-34H,2-5,8-9H2,1H3. The molecule has 2 N–H and O–H groups in total. The number of halogens is 3. The summed E-state index contributed by atoms with van der Waals surface area (Å²) in [6, 6.07) is 12.3. The van der Waals surface area contributed by atoms with Crippen LogP contribution in [0.2, 0.25) is 0 Å². The van der Waals surface area contributed by atoms with Crippen molar-refractivity contribution in [3.8, 4) is 22.6 Å². The smallest absolute Gasteiger partial charge is 0.343 e. The Bertz CT molecular complexity index is 1220. The monoisotopic (exact) mass is 498 g/mol. The van der Waals surface area contributed by atoms with Gasteiger partial charge in [0.1, 0.15) is 11.6 Å². The average Bonchev–Trinajstić information content (AvgIpc) is 2.87. The van der Waals surface area contributed by atoms with Gasteiger partial charge in [0, 0.05) is 11.6 Å². The van der Waals surface area contributed by atoms with E-state index in [-0.39, 0.29) is 40.4 Å². The molecule has 1 saturated carbocycles. The molecule has 0 amide bonds. The number of hydrogen-bond donors (Lipinski definition) is 2. The van der Waals surface area contributed by atoms with Crippen LogP contribution in [0, 0.1) is 23.4 Å². The lowest BCUT2D eigenvalue weighted by atomic mass is 9.76. The first-order valence-electron chi connectivity index (χ1n) is 12.3. The van der Waals surface area contributed by atoms with Gasteiger partial charge in [0.25, 0.3) is 0 Å². The van der Waals surface area contributed by atoms with Crippen LogP contribution in [0.25, 0.3) is 11.1 Å². The first-order valence-corrected chi connectivity index (χ1v) is 12.3. The average molecular weight is 499 g/mol. The van der Waals surface area contributed by atoms with Crippen molar-refractivity contribution in [3.63, 3.8) is 0 Å². The van der Waals surface area contributed by atoms with Gasteiger partial charge in [-0.1, -0.05) is 31.5 Å². The highest BCUT2D eigenvalue weighted by Gasteiger charge is 2.30. The molecule has 0 spiro atoms. The second-order valence-corrected chi connectivity index (χ2v) is 9.38. The van der Waals surface area contributed by atoms with E-state index in [0.717, 1.165) is 31.7 Å². The number of phenols is 1. The summed E-state index contributed by atoms with van der Waals surface area (Å²) in [4.78, 5) is 12.5. The number of rotatable bonds is 7. The van der Waals surface area contributed by atoms with E-state index in [2.05, 4.69) is 0 Å². The van der Waals surface area contributed by atoms with Crippen molar-refractivity contribution in [1.29, 1.82) is 0 Å². The fraction of sp³-hybridized carbons (Fsp3) is 0.345. The van der Waals surface area contributed by atoms with E-state index in [4.69, 9.17) is 4.74 Å². The number of benzene rings is 3. The molecule has 0 aliphatic heterocycles. The van der Waals surface area contributed by atoms with Gasteiger partial charge in [-0.25, -0.2) is 13.6 Å². The molecule has 1 aliphatic carbocycles. The van der Waals surface area contributed by atoms with Gasteiger partial charge in [-0.05, 0) is 85.4 Å². The summed E-state index contributed by atoms with van der Waals surface area (Å²) in [5.74, 6) is -4.38. The predicted molar refractivity (Wildman–Crippen MR) is 130 cm³/mol. The molecule has 7 heteroatoms. The number of esters is 1. The second-order valence-electron chi connectivity index (χ2n) is 9.38. The maximum Gasteiger partial charge on any atom is 0.343 e. The van der Waals surface area contributed by atoms with E-state index in [9.17, 15) is 28.2 Å². The van der Waals surface area contributed by atoms with Gasteiger partial charge in [0.2, 0.25) is 5.82 Å². The van der Waals surface area contributed by atoms with Gasteiger partial charge >= 0.3 is 5.97 Å². The Morgan fingerprint density at radius 2 is 1.67 bits per heavy atom. The van der Waals surface area contributed by atoms with Gasteiger partial charge in [-0.15, -0.1) is 0 Å². The molecular formula is C29H29F3O4. The van der Waals surface area contributed by atoms with Gasteiger partial charge in [0.15, 0.2) is 11.6 Å². The Balaban J connectivity index is 1.43. The highest BCUT2D eigenvalue weighted by Crippen LogP contribution is 2.40. The minimum atomic E-state index is -1.21. The van der Waals surface area contributed by atoms with Crippen molar-refractivity contribution in [2.75, 3.05) is 0 Å². The molecule has 3 aromatic carbocycles. The van der Waals surface area contributed by atoms with Crippen LogP contribution in [-0.4, -0.2) is 22.3 Å². The SMILES string of the molecule is CCCC(O)C1CCC(c2ccc(OC(=O)c3ccc(-c4ccc(O)cc4F)cc3)c(F)c2F)CC1. The van der Waals surface area contributed by atoms with Crippen LogP contribution in [0.15, 0.2) is 54.6 Å². The van der Waals surface area contributed by atoms with Gasteiger partial charge in [0.05, 0.1) is 11.7 Å². The number of carbonyl (C=O) groups is 1. The van der Waals surface area contributed by atoms with Crippen LogP contribution in [0.5, 0.6) is 11.5 Å². The Labute approximate surface area is 208 Å². The molecule has 190 valence electrons. The lowest BCUT2D eigenvalue weighted by Gasteiger charge is -2.32. The van der Waals surface area contributed by atoms with E-state index in [1.165, 1.54) is 48.5 Å². The zero-order valence-electron chi connectivity index (χ0n) is 20.0. The fourth-order valence-corrected chi connectivity index (χ4v) is 4.97. The second kappa shape index (κ2) is 11.2. The maximum atomic E-state index is 14.9. The number of carbonyl (C=O) groups excluding carboxylic acids is 1. The number of aromatic hydroxyl groups is 1. The summed E-state index contributed by atoms with van der Waals surface area (Å²) in [5.41, 5.74) is 1.06. The summed E-state index contributed by atoms with van der Waals surface area (Å²) in [6.07, 6.45) is 4.14. The molecule has 0 saturated heterocycles. The molecule has 1 unspecified atom stereocenters. The van der Waals surface area contributed by atoms with Crippen molar-refractivity contribution in [2.24, 2.45) is 5.92 Å². The Morgan fingerprint density at radius 3 is 2.31 bits per heavy atom. The van der Waals surface area contributed by atoms with Crippen molar-refractivity contribution in [2.45, 2.75) is 57.5 Å². The fourth-order valence-electron chi connectivity index (χ4n) is 4.97. The van der Waals surface area contributed by atoms with Gasteiger partial charge in [-0.3, -0.25) is 0 Å². The summed E-state index contributed by atoms with van der Waals surface area (Å²) in [6.45, 7) is 2.02. The summed E-state index contributed by atoms with van der Waals surface area (Å²) < 4.78 is 48.9.